The zero-order valence-corrected chi connectivity index (χ0v) is 12.3. The first-order valence-corrected chi connectivity index (χ1v) is 7.07. The van der Waals surface area contributed by atoms with E-state index in [1.807, 2.05) is 12.1 Å². The molecule has 1 atom stereocenters. The van der Waals surface area contributed by atoms with Crippen molar-refractivity contribution in [1.82, 2.24) is 5.32 Å². The van der Waals surface area contributed by atoms with Crippen LogP contribution in [-0.2, 0) is 6.54 Å². The molecule has 1 aromatic rings. The molecule has 0 aromatic heterocycles. The Bertz CT molecular complexity index is 389. The normalized spacial score (nSPS) is 12.2. The summed E-state index contributed by atoms with van der Waals surface area (Å²) < 4.78 is 5.69. The molecular formula is C17H25NO. The van der Waals surface area contributed by atoms with Crippen LogP contribution in [0.5, 0.6) is 5.75 Å². The van der Waals surface area contributed by atoms with Crippen molar-refractivity contribution in [2.24, 2.45) is 5.92 Å². The molecule has 0 fully saturated rings. The third kappa shape index (κ3) is 6.31. The molecule has 0 aliphatic carbocycles. The van der Waals surface area contributed by atoms with Gasteiger partial charge in [0.15, 0.2) is 0 Å². The van der Waals surface area contributed by atoms with Crippen LogP contribution in [0.1, 0.15) is 39.2 Å². The number of hydrogen-bond acceptors (Lipinski definition) is 2. The van der Waals surface area contributed by atoms with Crippen LogP contribution < -0.4 is 10.1 Å². The van der Waals surface area contributed by atoms with Gasteiger partial charge < -0.3 is 4.74 Å². The molecular weight excluding hydrogens is 234 g/mol. The molecule has 0 radical (unpaired) electrons. The molecule has 1 N–H and O–H groups in total. The highest BCUT2D eigenvalue weighted by Gasteiger charge is 2.01. The average molecular weight is 259 g/mol. The van der Waals surface area contributed by atoms with Crippen LogP contribution in [0, 0.1) is 18.3 Å². The summed E-state index contributed by atoms with van der Waals surface area (Å²) in [6.45, 7) is 8.07. The molecule has 19 heavy (non-hydrogen) atoms. The lowest BCUT2D eigenvalue weighted by Crippen LogP contribution is -2.26. The number of hydrogen-bond donors (Lipinski definition) is 1. The first-order chi connectivity index (χ1) is 9.15. The monoisotopic (exact) mass is 259 g/mol. The number of rotatable bonds is 8. The number of benzene rings is 1. The molecule has 104 valence electrons. The van der Waals surface area contributed by atoms with Gasteiger partial charge in [0.2, 0.25) is 0 Å². The fraction of sp³-hybridized carbons (Fsp3) is 0.529. The van der Waals surface area contributed by atoms with Crippen LogP contribution in [0.3, 0.4) is 0 Å². The first kappa shape index (κ1) is 15.6. The van der Waals surface area contributed by atoms with Crippen LogP contribution in [0.2, 0.25) is 0 Å². The molecule has 0 spiro atoms. The van der Waals surface area contributed by atoms with E-state index in [1.165, 1.54) is 5.56 Å². The Hall–Kier alpha value is -1.46. The van der Waals surface area contributed by atoms with Crippen LogP contribution in [0.15, 0.2) is 24.3 Å². The molecule has 0 amide bonds. The maximum absolute atomic E-state index is 5.69. The van der Waals surface area contributed by atoms with Gasteiger partial charge in [-0.25, -0.2) is 0 Å². The zero-order chi connectivity index (χ0) is 14.1. The summed E-state index contributed by atoms with van der Waals surface area (Å²) in [6, 6.07) is 8.37. The molecule has 2 nitrogen and oxygen atoms in total. The van der Waals surface area contributed by atoms with E-state index < -0.39 is 0 Å². The van der Waals surface area contributed by atoms with Crippen molar-refractivity contribution in [1.29, 1.82) is 0 Å². The third-order valence-electron chi connectivity index (χ3n) is 3.05. The molecule has 0 aliphatic heterocycles. The highest BCUT2D eigenvalue weighted by Crippen LogP contribution is 2.13. The Labute approximate surface area is 117 Å². The van der Waals surface area contributed by atoms with Gasteiger partial charge in [-0.1, -0.05) is 38.8 Å². The summed E-state index contributed by atoms with van der Waals surface area (Å²) in [5, 5.41) is 3.34. The van der Waals surface area contributed by atoms with Gasteiger partial charge in [0.05, 0.1) is 12.6 Å². The summed E-state index contributed by atoms with van der Waals surface area (Å²) in [6.07, 6.45) is 7.46. The Kier molecular flexibility index (Phi) is 7.07. The van der Waals surface area contributed by atoms with Crippen LogP contribution in [0.25, 0.3) is 0 Å². The quantitative estimate of drug-likeness (QED) is 0.720. The minimum atomic E-state index is 0.155. The lowest BCUT2D eigenvalue weighted by atomic mass is 10.1. The van der Waals surface area contributed by atoms with E-state index in [0.29, 0.717) is 5.92 Å². The Morgan fingerprint density at radius 1 is 1.26 bits per heavy atom. The topological polar surface area (TPSA) is 21.3 Å². The Balaban J connectivity index is 2.37. The van der Waals surface area contributed by atoms with Gasteiger partial charge in [-0.3, -0.25) is 5.32 Å². The molecule has 2 heteroatoms. The lowest BCUT2D eigenvalue weighted by molar-refractivity contribution is 0.289. The second kappa shape index (κ2) is 8.61. The highest BCUT2D eigenvalue weighted by atomic mass is 16.5. The predicted octanol–water partition coefficient (Wildman–Crippen LogP) is 3.61. The summed E-state index contributed by atoms with van der Waals surface area (Å²) in [4.78, 5) is 0. The maximum atomic E-state index is 5.69. The molecule has 1 rings (SSSR count). The highest BCUT2D eigenvalue weighted by molar-refractivity contribution is 5.27. The van der Waals surface area contributed by atoms with Gasteiger partial charge in [0.1, 0.15) is 5.75 Å². The number of terminal acetylenes is 1. The fourth-order valence-electron chi connectivity index (χ4n) is 1.68. The fourth-order valence-corrected chi connectivity index (χ4v) is 1.68. The van der Waals surface area contributed by atoms with Crippen LogP contribution in [-0.4, -0.2) is 12.6 Å². The molecule has 0 bridgehead atoms. The van der Waals surface area contributed by atoms with E-state index in [4.69, 9.17) is 11.2 Å². The van der Waals surface area contributed by atoms with Crippen molar-refractivity contribution in [3.8, 4) is 18.1 Å². The summed E-state index contributed by atoms with van der Waals surface area (Å²) >= 11 is 0. The van der Waals surface area contributed by atoms with Gasteiger partial charge in [-0.2, -0.15) is 0 Å². The minimum Gasteiger partial charge on any atom is -0.494 e. The molecule has 1 aromatic carbocycles. The molecule has 0 aliphatic rings. The van der Waals surface area contributed by atoms with Crippen LogP contribution >= 0.6 is 0 Å². The van der Waals surface area contributed by atoms with Gasteiger partial charge in [-0.05, 0) is 36.5 Å². The van der Waals surface area contributed by atoms with Gasteiger partial charge in [-0.15, -0.1) is 6.42 Å². The van der Waals surface area contributed by atoms with Crippen LogP contribution in [0.4, 0.5) is 0 Å². The van der Waals surface area contributed by atoms with Crippen molar-refractivity contribution < 1.29 is 4.74 Å². The Morgan fingerprint density at radius 2 is 1.95 bits per heavy atom. The lowest BCUT2D eigenvalue weighted by Gasteiger charge is -2.11. The molecule has 0 heterocycles. The van der Waals surface area contributed by atoms with Crippen molar-refractivity contribution in [3.05, 3.63) is 29.8 Å². The van der Waals surface area contributed by atoms with Crippen molar-refractivity contribution in [2.75, 3.05) is 6.61 Å². The van der Waals surface area contributed by atoms with Crippen molar-refractivity contribution in [2.45, 2.75) is 46.2 Å². The van der Waals surface area contributed by atoms with E-state index in [0.717, 1.165) is 31.7 Å². The van der Waals surface area contributed by atoms with E-state index in [9.17, 15) is 0 Å². The first-order valence-electron chi connectivity index (χ1n) is 7.07. The molecule has 0 saturated carbocycles. The van der Waals surface area contributed by atoms with E-state index in [1.54, 1.807) is 0 Å². The third-order valence-corrected chi connectivity index (χ3v) is 3.05. The van der Waals surface area contributed by atoms with E-state index in [-0.39, 0.29) is 6.04 Å². The smallest absolute Gasteiger partial charge is 0.119 e. The average Bonchev–Trinajstić information content (AvgIpc) is 2.41. The van der Waals surface area contributed by atoms with Crippen molar-refractivity contribution in [3.63, 3.8) is 0 Å². The zero-order valence-electron chi connectivity index (χ0n) is 12.3. The van der Waals surface area contributed by atoms with E-state index in [2.05, 4.69) is 44.1 Å². The summed E-state index contributed by atoms with van der Waals surface area (Å²) in [5.41, 5.74) is 1.23. The van der Waals surface area contributed by atoms with Gasteiger partial charge in [0, 0.05) is 6.54 Å². The standard InChI is InChI=1S/C17H25NO/c1-5-16(6-2)18-13-15-7-9-17(10-8-15)19-12-11-14(3)4/h1,7-10,14,16,18H,6,11-13H2,2-4H3. The molecule has 0 saturated heterocycles. The minimum absolute atomic E-state index is 0.155. The second-order valence-electron chi connectivity index (χ2n) is 5.18. The summed E-state index contributed by atoms with van der Waals surface area (Å²) in [7, 11) is 0. The number of ether oxygens (including phenoxy) is 1. The number of nitrogens with one attached hydrogen (secondary N) is 1. The largest absolute Gasteiger partial charge is 0.494 e. The SMILES string of the molecule is C#CC(CC)NCc1ccc(OCCC(C)C)cc1. The molecule has 1 unspecified atom stereocenters. The van der Waals surface area contributed by atoms with Crippen molar-refractivity contribution >= 4 is 0 Å². The van der Waals surface area contributed by atoms with Gasteiger partial charge in [0.25, 0.3) is 0 Å². The Morgan fingerprint density at radius 3 is 2.47 bits per heavy atom. The summed E-state index contributed by atoms with van der Waals surface area (Å²) in [5.74, 6) is 4.35. The maximum Gasteiger partial charge on any atom is 0.119 e. The van der Waals surface area contributed by atoms with E-state index >= 15 is 0 Å². The second-order valence-corrected chi connectivity index (χ2v) is 5.18. The predicted molar refractivity (Wildman–Crippen MR) is 81.1 cm³/mol. The van der Waals surface area contributed by atoms with Gasteiger partial charge >= 0.3 is 0 Å².